The monoisotopic (exact) mass is 258 g/mol. The SMILES string of the molecule is CC1=C[C@H](C)[C@@H]2CO[C@H](c3ccc(O)cc3)[C@@H]1[C@@H]2C. The van der Waals surface area contributed by atoms with Crippen LogP contribution in [0, 0.1) is 23.7 Å². The highest BCUT2D eigenvalue weighted by molar-refractivity contribution is 5.30. The normalized spacial score (nSPS) is 37.8. The van der Waals surface area contributed by atoms with Gasteiger partial charge in [0.15, 0.2) is 0 Å². The maximum atomic E-state index is 9.42. The van der Waals surface area contributed by atoms with Crippen molar-refractivity contribution in [3.8, 4) is 5.75 Å². The van der Waals surface area contributed by atoms with Crippen LogP contribution in [0.25, 0.3) is 0 Å². The first-order chi connectivity index (χ1) is 9.08. The first-order valence-electron chi connectivity index (χ1n) is 7.16. The second-order valence-corrected chi connectivity index (χ2v) is 6.16. The average molecular weight is 258 g/mol. The number of benzene rings is 1. The Kier molecular flexibility index (Phi) is 3.14. The minimum Gasteiger partial charge on any atom is -0.508 e. The molecule has 0 radical (unpaired) electrons. The van der Waals surface area contributed by atoms with Crippen molar-refractivity contribution in [2.45, 2.75) is 26.9 Å². The number of hydrogen-bond donors (Lipinski definition) is 1. The Hall–Kier alpha value is -1.28. The van der Waals surface area contributed by atoms with Crippen LogP contribution in [0.2, 0.25) is 0 Å². The van der Waals surface area contributed by atoms with Gasteiger partial charge in [0.25, 0.3) is 0 Å². The van der Waals surface area contributed by atoms with E-state index in [4.69, 9.17) is 4.74 Å². The van der Waals surface area contributed by atoms with Crippen molar-refractivity contribution in [2.24, 2.45) is 23.7 Å². The summed E-state index contributed by atoms with van der Waals surface area (Å²) in [5, 5.41) is 9.42. The van der Waals surface area contributed by atoms with Crippen LogP contribution in [0.1, 0.15) is 32.4 Å². The van der Waals surface area contributed by atoms with Gasteiger partial charge in [-0.3, -0.25) is 0 Å². The molecule has 1 aliphatic heterocycles. The zero-order chi connectivity index (χ0) is 13.6. The first-order valence-corrected chi connectivity index (χ1v) is 7.16. The summed E-state index contributed by atoms with van der Waals surface area (Å²) in [5.41, 5.74) is 2.63. The molecule has 1 N–H and O–H groups in total. The Labute approximate surface area is 115 Å². The number of hydrogen-bond acceptors (Lipinski definition) is 2. The molecule has 5 atom stereocenters. The fourth-order valence-corrected chi connectivity index (χ4v) is 3.91. The second kappa shape index (κ2) is 4.68. The third kappa shape index (κ3) is 2.08. The molecule has 2 aliphatic rings. The summed E-state index contributed by atoms with van der Waals surface area (Å²) in [4.78, 5) is 0. The number of aromatic hydroxyl groups is 1. The Morgan fingerprint density at radius 2 is 1.84 bits per heavy atom. The van der Waals surface area contributed by atoms with Gasteiger partial charge in [0.1, 0.15) is 5.75 Å². The summed E-state index contributed by atoms with van der Waals surface area (Å²) >= 11 is 0. The number of ether oxygens (including phenoxy) is 1. The summed E-state index contributed by atoms with van der Waals surface area (Å²) < 4.78 is 6.16. The number of phenols is 1. The van der Waals surface area contributed by atoms with Gasteiger partial charge in [-0.15, -0.1) is 0 Å². The highest BCUT2D eigenvalue weighted by Gasteiger charge is 2.43. The van der Waals surface area contributed by atoms with E-state index in [2.05, 4.69) is 26.8 Å². The predicted molar refractivity (Wildman–Crippen MR) is 75.9 cm³/mol. The van der Waals surface area contributed by atoms with Crippen LogP contribution in [0.3, 0.4) is 0 Å². The summed E-state index contributed by atoms with van der Waals surface area (Å²) in [6.45, 7) is 7.73. The van der Waals surface area contributed by atoms with Gasteiger partial charge < -0.3 is 9.84 Å². The zero-order valence-corrected chi connectivity index (χ0v) is 11.8. The van der Waals surface area contributed by atoms with E-state index in [0.717, 1.165) is 6.61 Å². The number of rotatable bonds is 1. The van der Waals surface area contributed by atoms with Crippen molar-refractivity contribution < 1.29 is 9.84 Å². The van der Waals surface area contributed by atoms with Crippen molar-refractivity contribution in [1.29, 1.82) is 0 Å². The van der Waals surface area contributed by atoms with Crippen LogP contribution in [0.4, 0.5) is 0 Å². The summed E-state index contributed by atoms with van der Waals surface area (Å²) in [5.74, 6) is 2.70. The quantitative estimate of drug-likeness (QED) is 0.773. The maximum absolute atomic E-state index is 9.42. The van der Waals surface area contributed by atoms with E-state index < -0.39 is 0 Å². The minimum atomic E-state index is 0.135. The van der Waals surface area contributed by atoms with Crippen LogP contribution in [-0.2, 0) is 4.74 Å². The van der Waals surface area contributed by atoms with Crippen LogP contribution < -0.4 is 0 Å². The van der Waals surface area contributed by atoms with E-state index in [0.29, 0.717) is 29.4 Å². The van der Waals surface area contributed by atoms with Gasteiger partial charge in [0.05, 0.1) is 12.7 Å². The summed E-state index contributed by atoms with van der Waals surface area (Å²) in [6.07, 6.45) is 2.56. The van der Waals surface area contributed by atoms with Crippen molar-refractivity contribution in [2.75, 3.05) is 6.61 Å². The van der Waals surface area contributed by atoms with Crippen LogP contribution in [0.15, 0.2) is 35.9 Å². The molecule has 0 amide bonds. The molecule has 3 rings (SSSR count). The molecular formula is C17H22O2. The standard InChI is InChI=1S/C17H22O2/c1-10-8-11(2)16-12(3)15(10)9-19-17(16)13-4-6-14(18)7-5-13/h4-8,10,12,15-18H,9H2,1-3H3/t10-,12+,15-,16-,17+/m0/s1. The lowest BCUT2D eigenvalue weighted by molar-refractivity contribution is -0.0934. The highest BCUT2D eigenvalue weighted by atomic mass is 16.5. The molecule has 1 aromatic rings. The van der Waals surface area contributed by atoms with Crippen molar-refractivity contribution >= 4 is 0 Å². The lowest BCUT2D eigenvalue weighted by Crippen LogP contribution is -2.42. The van der Waals surface area contributed by atoms with Gasteiger partial charge in [-0.2, -0.15) is 0 Å². The zero-order valence-electron chi connectivity index (χ0n) is 11.8. The van der Waals surface area contributed by atoms with E-state index >= 15 is 0 Å². The minimum absolute atomic E-state index is 0.135. The van der Waals surface area contributed by atoms with Gasteiger partial charge in [-0.25, -0.2) is 0 Å². The Bertz CT molecular complexity index is 488. The highest BCUT2D eigenvalue weighted by Crippen LogP contribution is 2.49. The predicted octanol–water partition coefficient (Wildman–Crippen LogP) is 3.93. The van der Waals surface area contributed by atoms with Gasteiger partial charge in [0, 0.05) is 5.92 Å². The molecule has 1 aliphatic carbocycles. The van der Waals surface area contributed by atoms with Crippen LogP contribution >= 0.6 is 0 Å². The molecule has 1 saturated heterocycles. The molecule has 1 aromatic carbocycles. The molecule has 0 spiro atoms. The molecule has 0 aromatic heterocycles. The number of phenolic OH excluding ortho intramolecular Hbond substituents is 1. The van der Waals surface area contributed by atoms with E-state index in [9.17, 15) is 5.11 Å². The largest absolute Gasteiger partial charge is 0.508 e. The number of fused-ring (bicyclic) bond motifs is 2. The molecule has 19 heavy (non-hydrogen) atoms. The molecule has 1 fully saturated rings. The lowest BCUT2D eigenvalue weighted by atomic mass is 9.64. The topological polar surface area (TPSA) is 29.5 Å². The van der Waals surface area contributed by atoms with E-state index in [1.54, 1.807) is 12.1 Å². The van der Waals surface area contributed by atoms with Gasteiger partial charge in [-0.05, 0) is 42.4 Å². The summed E-state index contributed by atoms with van der Waals surface area (Å²) in [6, 6.07) is 7.47. The summed E-state index contributed by atoms with van der Waals surface area (Å²) in [7, 11) is 0. The Morgan fingerprint density at radius 1 is 1.16 bits per heavy atom. The molecular weight excluding hydrogens is 236 g/mol. The smallest absolute Gasteiger partial charge is 0.115 e. The van der Waals surface area contributed by atoms with E-state index in [1.165, 1.54) is 11.1 Å². The molecule has 2 heteroatoms. The Balaban J connectivity index is 1.96. The molecule has 102 valence electrons. The lowest BCUT2D eigenvalue weighted by Gasteiger charge is -2.47. The van der Waals surface area contributed by atoms with Crippen molar-refractivity contribution in [3.63, 3.8) is 0 Å². The third-order valence-electron chi connectivity index (χ3n) is 4.98. The Morgan fingerprint density at radius 3 is 2.53 bits per heavy atom. The van der Waals surface area contributed by atoms with Crippen molar-refractivity contribution in [3.05, 3.63) is 41.5 Å². The maximum Gasteiger partial charge on any atom is 0.115 e. The average Bonchev–Trinajstić information content (AvgIpc) is 2.37. The molecule has 2 bridgehead atoms. The van der Waals surface area contributed by atoms with Gasteiger partial charge in [-0.1, -0.05) is 37.6 Å². The molecule has 2 nitrogen and oxygen atoms in total. The first kappa shape index (κ1) is 12.7. The fourth-order valence-electron chi connectivity index (χ4n) is 3.91. The fraction of sp³-hybridized carbons (Fsp3) is 0.529. The van der Waals surface area contributed by atoms with Gasteiger partial charge >= 0.3 is 0 Å². The molecule has 1 heterocycles. The van der Waals surface area contributed by atoms with Crippen LogP contribution in [0.5, 0.6) is 5.75 Å². The van der Waals surface area contributed by atoms with Crippen molar-refractivity contribution in [1.82, 2.24) is 0 Å². The molecule has 0 saturated carbocycles. The van der Waals surface area contributed by atoms with E-state index in [1.807, 2.05) is 12.1 Å². The molecule has 0 unspecified atom stereocenters. The van der Waals surface area contributed by atoms with Crippen LogP contribution in [-0.4, -0.2) is 11.7 Å². The number of allylic oxidation sites excluding steroid dienone is 1. The van der Waals surface area contributed by atoms with Gasteiger partial charge in [0.2, 0.25) is 0 Å². The third-order valence-corrected chi connectivity index (χ3v) is 4.98. The second-order valence-electron chi connectivity index (χ2n) is 6.16. The van der Waals surface area contributed by atoms with E-state index in [-0.39, 0.29) is 6.10 Å².